The number of urea groups is 1. The van der Waals surface area contributed by atoms with Crippen molar-refractivity contribution in [3.8, 4) is 11.5 Å². The largest absolute Gasteiger partial charge is 0.497 e. The Labute approximate surface area is 163 Å². The second kappa shape index (κ2) is 7.42. The van der Waals surface area contributed by atoms with Gasteiger partial charge in [0.2, 0.25) is 0 Å². The number of carbonyl (C=O) groups excluding carboxylic acids is 2. The molecule has 0 aromatic heterocycles. The molecule has 0 spiro atoms. The van der Waals surface area contributed by atoms with Gasteiger partial charge in [0.1, 0.15) is 11.5 Å². The second-order valence-corrected chi connectivity index (χ2v) is 7.09. The Morgan fingerprint density at radius 1 is 1.14 bits per heavy atom. The molecule has 1 aliphatic heterocycles. The standard InChI is InChI=1S/C21H23N3O4/c1-13-20(25)24(17-7-8-17)12-14-10-16(6-9-19(14)28-13)23-21(26)22-15-4-3-5-18(11-15)27-2/h3-6,9-11,13,17H,7-8,12H2,1-2H3,(H2,22,23,26). The lowest BCUT2D eigenvalue weighted by molar-refractivity contribution is -0.138. The highest BCUT2D eigenvalue weighted by Crippen LogP contribution is 2.35. The Hall–Kier alpha value is -3.22. The maximum Gasteiger partial charge on any atom is 0.323 e. The molecule has 0 radical (unpaired) electrons. The Kier molecular flexibility index (Phi) is 4.81. The van der Waals surface area contributed by atoms with Crippen LogP contribution in [0.1, 0.15) is 25.3 Å². The first-order valence-corrected chi connectivity index (χ1v) is 9.35. The molecule has 1 heterocycles. The highest BCUT2D eigenvalue weighted by atomic mass is 16.5. The highest BCUT2D eigenvalue weighted by Gasteiger charge is 2.37. The van der Waals surface area contributed by atoms with E-state index in [1.165, 1.54) is 0 Å². The van der Waals surface area contributed by atoms with E-state index in [1.54, 1.807) is 44.4 Å². The molecule has 1 aliphatic carbocycles. The Morgan fingerprint density at radius 3 is 2.61 bits per heavy atom. The maximum atomic E-state index is 12.5. The smallest absolute Gasteiger partial charge is 0.323 e. The third kappa shape index (κ3) is 3.88. The van der Waals surface area contributed by atoms with E-state index in [-0.39, 0.29) is 11.9 Å². The Bertz CT molecular complexity index is 910. The number of anilines is 2. The molecule has 28 heavy (non-hydrogen) atoms. The molecule has 7 nitrogen and oxygen atoms in total. The van der Waals surface area contributed by atoms with E-state index in [0.29, 0.717) is 35.5 Å². The summed E-state index contributed by atoms with van der Waals surface area (Å²) in [6.45, 7) is 2.27. The Balaban J connectivity index is 1.48. The minimum Gasteiger partial charge on any atom is -0.497 e. The van der Waals surface area contributed by atoms with Crippen molar-refractivity contribution in [1.29, 1.82) is 0 Å². The lowest BCUT2D eigenvalue weighted by atomic mass is 10.1. The van der Waals surface area contributed by atoms with E-state index in [9.17, 15) is 9.59 Å². The van der Waals surface area contributed by atoms with E-state index < -0.39 is 6.10 Å². The van der Waals surface area contributed by atoms with E-state index >= 15 is 0 Å². The van der Waals surface area contributed by atoms with Crippen LogP contribution in [0.4, 0.5) is 16.2 Å². The number of amides is 3. The number of hydrogen-bond acceptors (Lipinski definition) is 4. The van der Waals surface area contributed by atoms with Crippen LogP contribution in [0.15, 0.2) is 42.5 Å². The lowest BCUT2D eigenvalue weighted by Crippen LogP contribution is -2.39. The van der Waals surface area contributed by atoms with Crippen LogP contribution in [0, 0.1) is 0 Å². The van der Waals surface area contributed by atoms with Gasteiger partial charge in [-0.2, -0.15) is 0 Å². The van der Waals surface area contributed by atoms with Crippen molar-refractivity contribution in [2.45, 2.75) is 38.5 Å². The number of carbonyl (C=O) groups is 2. The number of hydrogen-bond donors (Lipinski definition) is 2. The first-order valence-electron chi connectivity index (χ1n) is 9.35. The van der Waals surface area contributed by atoms with Crippen molar-refractivity contribution >= 4 is 23.3 Å². The van der Waals surface area contributed by atoms with Gasteiger partial charge in [-0.3, -0.25) is 4.79 Å². The zero-order valence-corrected chi connectivity index (χ0v) is 15.9. The van der Waals surface area contributed by atoms with E-state index in [0.717, 1.165) is 18.4 Å². The molecule has 2 aromatic carbocycles. The van der Waals surface area contributed by atoms with Gasteiger partial charge in [-0.15, -0.1) is 0 Å². The molecule has 0 bridgehead atoms. The molecule has 0 saturated heterocycles. The number of rotatable bonds is 4. The molecule has 1 atom stereocenters. The molecule has 3 amide bonds. The van der Waals surface area contributed by atoms with E-state index in [1.807, 2.05) is 17.0 Å². The van der Waals surface area contributed by atoms with Gasteiger partial charge in [0, 0.05) is 35.6 Å². The van der Waals surface area contributed by atoms with Gasteiger partial charge >= 0.3 is 6.03 Å². The molecule has 2 aromatic rings. The molecular weight excluding hydrogens is 358 g/mol. The Morgan fingerprint density at radius 2 is 1.89 bits per heavy atom. The number of ether oxygens (including phenoxy) is 2. The quantitative estimate of drug-likeness (QED) is 0.848. The van der Waals surface area contributed by atoms with Crippen molar-refractivity contribution in [2.75, 3.05) is 17.7 Å². The van der Waals surface area contributed by atoms with Crippen LogP contribution in [-0.4, -0.2) is 36.1 Å². The summed E-state index contributed by atoms with van der Waals surface area (Å²) in [6.07, 6.45) is 1.57. The van der Waals surface area contributed by atoms with E-state index in [2.05, 4.69) is 10.6 Å². The fraction of sp³-hybridized carbons (Fsp3) is 0.333. The monoisotopic (exact) mass is 381 g/mol. The van der Waals surface area contributed by atoms with Gasteiger partial charge in [-0.1, -0.05) is 6.07 Å². The van der Waals surface area contributed by atoms with Crippen molar-refractivity contribution in [3.63, 3.8) is 0 Å². The van der Waals surface area contributed by atoms with Gasteiger partial charge in [0.15, 0.2) is 6.10 Å². The zero-order chi connectivity index (χ0) is 19.7. The predicted octanol–water partition coefficient (Wildman–Crippen LogP) is 3.61. The average Bonchev–Trinajstić information content (AvgIpc) is 3.52. The van der Waals surface area contributed by atoms with Gasteiger partial charge in [-0.25, -0.2) is 4.79 Å². The predicted molar refractivity (Wildman–Crippen MR) is 106 cm³/mol. The number of nitrogens with one attached hydrogen (secondary N) is 2. The summed E-state index contributed by atoms with van der Waals surface area (Å²) in [5, 5.41) is 5.61. The highest BCUT2D eigenvalue weighted by molar-refractivity contribution is 6.00. The minimum atomic E-state index is -0.503. The van der Waals surface area contributed by atoms with Crippen molar-refractivity contribution in [2.24, 2.45) is 0 Å². The molecule has 1 unspecified atom stereocenters. The van der Waals surface area contributed by atoms with Gasteiger partial charge in [0.25, 0.3) is 5.91 Å². The maximum absolute atomic E-state index is 12.5. The summed E-state index contributed by atoms with van der Waals surface area (Å²) in [6, 6.07) is 12.5. The summed E-state index contributed by atoms with van der Waals surface area (Å²) in [4.78, 5) is 26.8. The van der Waals surface area contributed by atoms with Crippen LogP contribution < -0.4 is 20.1 Å². The van der Waals surface area contributed by atoms with Crippen molar-refractivity contribution < 1.29 is 19.1 Å². The average molecular weight is 381 g/mol. The van der Waals surface area contributed by atoms with Crippen molar-refractivity contribution in [3.05, 3.63) is 48.0 Å². The van der Waals surface area contributed by atoms with Crippen LogP contribution in [0.25, 0.3) is 0 Å². The summed E-state index contributed by atoms with van der Waals surface area (Å²) in [7, 11) is 1.58. The van der Waals surface area contributed by atoms with Crippen molar-refractivity contribution in [1.82, 2.24) is 4.90 Å². The number of nitrogens with zero attached hydrogens (tertiary/aromatic N) is 1. The number of benzene rings is 2. The van der Waals surface area contributed by atoms with Crippen LogP contribution in [0.2, 0.25) is 0 Å². The lowest BCUT2D eigenvalue weighted by Gasteiger charge is -2.21. The fourth-order valence-electron chi connectivity index (χ4n) is 3.32. The SMILES string of the molecule is COc1cccc(NC(=O)Nc2ccc3c(c2)CN(C2CC2)C(=O)C(C)O3)c1. The minimum absolute atomic E-state index is 0.0176. The second-order valence-electron chi connectivity index (χ2n) is 7.09. The molecule has 1 saturated carbocycles. The normalized spacial score (nSPS) is 18.6. The molecule has 2 N–H and O–H groups in total. The molecule has 7 heteroatoms. The first kappa shape index (κ1) is 18.2. The topological polar surface area (TPSA) is 79.9 Å². The van der Waals surface area contributed by atoms with Crippen LogP contribution in [-0.2, 0) is 11.3 Å². The third-order valence-electron chi connectivity index (χ3n) is 4.91. The van der Waals surface area contributed by atoms with Crippen LogP contribution in [0.5, 0.6) is 11.5 Å². The summed E-state index contributed by atoms with van der Waals surface area (Å²) < 4.78 is 11.0. The van der Waals surface area contributed by atoms with Gasteiger partial charge < -0.3 is 25.0 Å². The number of methoxy groups -OCH3 is 1. The fourth-order valence-corrected chi connectivity index (χ4v) is 3.32. The first-order chi connectivity index (χ1) is 13.5. The number of fused-ring (bicyclic) bond motifs is 1. The van der Waals surface area contributed by atoms with Crippen LogP contribution in [0.3, 0.4) is 0 Å². The molecule has 4 rings (SSSR count). The zero-order valence-electron chi connectivity index (χ0n) is 15.9. The summed E-state index contributed by atoms with van der Waals surface area (Å²) in [5.41, 5.74) is 2.17. The van der Waals surface area contributed by atoms with Gasteiger partial charge in [0.05, 0.1) is 7.11 Å². The molecule has 1 fully saturated rings. The molecule has 146 valence electrons. The summed E-state index contributed by atoms with van der Waals surface area (Å²) in [5.74, 6) is 1.37. The third-order valence-corrected chi connectivity index (χ3v) is 4.91. The molecular formula is C21H23N3O4. The van der Waals surface area contributed by atoms with Gasteiger partial charge in [-0.05, 0) is 50.1 Å². The van der Waals surface area contributed by atoms with Crippen LogP contribution >= 0.6 is 0 Å². The summed E-state index contributed by atoms with van der Waals surface area (Å²) >= 11 is 0. The molecule has 2 aliphatic rings. The van der Waals surface area contributed by atoms with E-state index in [4.69, 9.17) is 9.47 Å².